The highest BCUT2D eigenvalue weighted by molar-refractivity contribution is 7.80. The second kappa shape index (κ2) is 4.76. The molecule has 0 aliphatic carbocycles. The Morgan fingerprint density at radius 1 is 1.62 bits per heavy atom. The molecule has 1 heterocycles. The van der Waals surface area contributed by atoms with E-state index in [9.17, 15) is 5.11 Å². The largest absolute Gasteiger partial charge is 0.389 e. The van der Waals surface area contributed by atoms with Crippen LogP contribution in [-0.2, 0) is 0 Å². The van der Waals surface area contributed by atoms with E-state index in [0.29, 0.717) is 12.2 Å². The molecular weight excluding hydrogens is 222 g/mol. The molecule has 88 valence electrons. The van der Waals surface area contributed by atoms with Crippen molar-refractivity contribution in [3.63, 3.8) is 0 Å². The Morgan fingerprint density at radius 2 is 2.25 bits per heavy atom. The van der Waals surface area contributed by atoms with Crippen molar-refractivity contribution in [3.8, 4) is 0 Å². The topological polar surface area (TPSA) is 62.4 Å². The van der Waals surface area contributed by atoms with Crippen molar-refractivity contribution in [1.29, 1.82) is 0 Å². The van der Waals surface area contributed by atoms with Crippen molar-refractivity contribution in [2.45, 2.75) is 19.4 Å². The van der Waals surface area contributed by atoms with E-state index in [-0.39, 0.29) is 4.99 Å². The fourth-order valence-electron chi connectivity index (χ4n) is 1.56. The highest BCUT2D eigenvalue weighted by atomic mass is 32.1. The van der Waals surface area contributed by atoms with Gasteiger partial charge in [0, 0.05) is 19.8 Å². The van der Waals surface area contributed by atoms with Gasteiger partial charge in [0.05, 0.1) is 11.3 Å². The minimum absolute atomic E-state index is 0.262. The van der Waals surface area contributed by atoms with E-state index in [1.165, 1.54) is 0 Å². The molecule has 0 fully saturated rings. The molecule has 16 heavy (non-hydrogen) atoms. The molecule has 5 heteroatoms. The van der Waals surface area contributed by atoms with Gasteiger partial charge >= 0.3 is 0 Å². The van der Waals surface area contributed by atoms with Crippen LogP contribution in [0.1, 0.15) is 19.5 Å². The maximum Gasteiger partial charge on any atom is 0.124 e. The predicted molar refractivity (Wildman–Crippen MR) is 69.7 cm³/mol. The molecule has 0 spiro atoms. The first-order chi connectivity index (χ1) is 7.31. The summed E-state index contributed by atoms with van der Waals surface area (Å²) in [7, 11) is 1.87. The lowest BCUT2D eigenvalue weighted by molar-refractivity contribution is 0.0886. The Kier molecular flexibility index (Phi) is 3.83. The maximum atomic E-state index is 9.75. The normalized spacial score (nSPS) is 11.2. The summed E-state index contributed by atoms with van der Waals surface area (Å²) in [4.78, 5) is 6.29. The molecule has 4 nitrogen and oxygen atoms in total. The molecule has 1 rings (SSSR count). The van der Waals surface area contributed by atoms with Gasteiger partial charge in [0.1, 0.15) is 10.7 Å². The molecule has 0 aliphatic heterocycles. The zero-order chi connectivity index (χ0) is 12.3. The molecule has 0 saturated heterocycles. The summed E-state index contributed by atoms with van der Waals surface area (Å²) >= 11 is 4.94. The SMILES string of the molecule is CN(CC(C)(C)O)c1cccnc1C(N)=S. The predicted octanol–water partition coefficient (Wildman–Crippen LogP) is 0.923. The van der Waals surface area contributed by atoms with E-state index in [4.69, 9.17) is 18.0 Å². The number of nitrogens with two attached hydrogens (primary N) is 1. The lowest BCUT2D eigenvalue weighted by atomic mass is 10.1. The summed E-state index contributed by atoms with van der Waals surface area (Å²) in [5.41, 5.74) is 6.23. The number of aromatic nitrogens is 1. The average Bonchev–Trinajstić information content (AvgIpc) is 2.15. The fourth-order valence-corrected chi connectivity index (χ4v) is 1.72. The minimum atomic E-state index is -0.780. The molecule has 3 N–H and O–H groups in total. The number of hydrogen-bond donors (Lipinski definition) is 2. The van der Waals surface area contributed by atoms with E-state index in [1.54, 1.807) is 20.0 Å². The number of anilines is 1. The number of hydrogen-bond acceptors (Lipinski definition) is 4. The van der Waals surface area contributed by atoms with E-state index in [2.05, 4.69) is 4.98 Å². The van der Waals surface area contributed by atoms with E-state index >= 15 is 0 Å². The molecule has 0 radical (unpaired) electrons. The summed E-state index contributed by atoms with van der Waals surface area (Å²) < 4.78 is 0. The van der Waals surface area contributed by atoms with Gasteiger partial charge in [0.2, 0.25) is 0 Å². The standard InChI is InChI=1S/C11H17N3OS/c1-11(2,15)7-14(3)8-5-4-6-13-9(8)10(12)16/h4-6,15H,7H2,1-3H3,(H2,12,16). The number of aliphatic hydroxyl groups is 1. The van der Waals surface area contributed by atoms with E-state index in [1.807, 2.05) is 24.1 Å². The van der Waals surface area contributed by atoms with Gasteiger partial charge in [0.25, 0.3) is 0 Å². The first kappa shape index (κ1) is 12.9. The Balaban J connectivity index is 2.99. The summed E-state index contributed by atoms with van der Waals surface area (Å²) in [6, 6.07) is 3.70. The Hall–Kier alpha value is -1.20. The molecular formula is C11H17N3OS. The van der Waals surface area contributed by atoms with Crippen molar-refractivity contribution in [2.75, 3.05) is 18.5 Å². The number of pyridine rings is 1. The van der Waals surface area contributed by atoms with Gasteiger partial charge < -0.3 is 15.7 Å². The maximum absolute atomic E-state index is 9.75. The third-order valence-electron chi connectivity index (χ3n) is 2.06. The van der Waals surface area contributed by atoms with Crippen molar-refractivity contribution in [3.05, 3.63) is 24.0 Å². The number of nitrogens with zero attached hydrogens (tertiary/aromatic N) is 2. The summed E-state index contributed by atoms with van der Waals surface area (Å²) in [5.74, 6) is 0. The number of thiocarbonyl (C=S) groups is 1. The van der Waals surface area contributed by atoms with Crippen LogP contribution in [0.15, 0.2) is 18.3 Å². The van der Waals surface area contributed by atoms with Gasteiger partial charge in [-0.05, 0) is 26.0 Å². The molecule has 0 unspecified atom stereocenters. The first-order valence-corrected chi connectivity index (χ1v) is 5.40. The van der Waals surface area contributed by atoms with E-state index in [0.717, 1.165) is 5.69 Å². The average molecular weight is 239 g/mol. The third kappa shape index (κ3) is 3.43. The smallest absolute Gasteiger partial charge is 0.124 e. The lowest BCUT2D eigenvalue weighted by Gasteiger charge is -2.28. The van der Waals surface area contributed by atoms with Crippen LogP contribution in [0.25, 0.3) is 0 Å². The van der Waals surface area contributed by atoms with Crippen LogP contribution < -0.4 is 10.6 Å². The van der Waals surface area contributed by atoms with Gasteiger partial charge in [-0.1, -0.05) is 12.2 Å². The van der Waals surface area contributed by atoms with Crippen LogP contribution >= 0.6 is 12.2 Å². The quantitative estimate of drug-likeness (QED) is 0.765. The van der Waals surface area contributed by atoms with Gasteiger partial charge in [-0.25, -0.2) is 0 Å². The van der Waals surface area contributed by atoms with Crippen molar-refractivity contribution < 1.29 is 5.11 Å². The van der Waals surface area contributed by atoms with Crippen LogP contribution in [0.3, 0.4) is 0 Å². The van der Waals surface area contributed by atoms with Gasteiger partial charge in [-0.3, -0.25) is 4.98 Å². The monoisotopic (exact) mass is 239 g/mol. The summed E-state index contributed by atoms with van der Waals surface area (Å²) in [6.07, 6.45) is 1.65. The Morgan fingerprint density at radius 3 is 2.75 bits per heavy atom. The molecule has 0 amide bonds. The molecule has 0 aliphatic rings. The second-order valence-corrected chi connectivity index (χ2v) is 4.84. The molecule has 0 atom stereocenters. The lowest BCUT2D eigenvalue weighted by Crippen LogP contribution is -2.37. The van der Waals surface area contributed by atoms with Crippen LogP contribution in [0.2, 0.25) is 0 Å². The molecule has 0 saturated carbocycles. The second-order valence-electron chi connectivity index (χ2n) is 4.40. The van der Waals surface area contributed by atoms with Crippen LogP contribution in [0, 0.1) is 0 Å². The van der Waals surface area contributed by atoms with Gasteiger partial charge in [0.15, 0.2) is 0 Å². The van der Waals surface area contributed by atoms with Crippen LogP contribution in [0.4, 0.5) is 5.69 Å². The van der Waals surface area contributed by atoms with Crippen molar-refractivity contribution in [2.24, 2.45) is 5.73 Å². The highest BCUT2D eigenvalue weighted by Gasteiger charge is 2.18. The molecule has 0 aromatic carbocycles. The molecule has 0 bridgehead atoms. The van der Waals surface area contributed by atoms with Gasteiger partial charge in [-0.2, -0.15) is 0 Å². The van der Waals surface area contributed by atoms with Crippen molar-refractivity contribution in [1.82, 2.24) is 4.98 Å². The van der Waals surface area contributed by atoms with E-state index < -0.39 is 5.60 Å². The van der Waals surface area contributed by atoms with Gasteiger partial charge in [-0.15, -0.1) is 0 Å². The molecule has 1 aromatic heterocycles. The highest BCUT2D eigenvalue weighted by Crippen LogP contribution is 2.18. The van der Waals surface area contributed by atoms with Crippen LogP contribution in [0.5, 0.6) is 0 Å². The zero-order valence-corrected chi connectivity index (χ0v) is 10.6. The summed E-state index contributed by atoms with van der Waals surface area (Å²) in [5, 5.41) is 9.75. The number of likely N-dealkylation sites (N-methyl/N-ethyl adjacent to an activating group) is 1. The van der Waals surface area contributed by atoms with Crippen molar-refractivity contribution >= 4 is 22.9 Å². The Labute approximate surface area is 101 Å². The number of rotatable bonds is 4. The third-order valence-corrected chi connectivity index (χ3v) is 2.25. The summed E-state index contributed by atoms with van der Waals surface area (Å²) in [6.45, 7) is 3.98. The Bertz CT molecular complexity index is 387. The van der Waals surface area contributed by atoms with Crippen LogP contribution in [-0.4, -0.2) is 34.3 Å². The zero-order valence-electron chi connectivity index (χ0n) is 9.77. The molecule has 1 aromatic rings. The fraction of sp³-hybridized carbons (Fsp3) is 0.455. The minimum Gasteiger partial charge on any atom is -0.389 e. The first-order valence-electron chi connectivity index (χ1n) is 4.99.